The third-order valence-corrected chi connectivity index (χ3v) is 4.50. The van der Waals surface area contributed by atoms with Crippen LogP contribution in [0.5, 0.6) is 23.0 Å². The number of benzene rings is 2. The Morgan fingerprint density at radius 2 is 1.64 bits per heavy atom. The van der Waals surface area contributed by atoms with Gasteiger partial charge < -0.3 is 24.3 Å². The van der Waals surface area contributed by atoms with Crippen LogP contribution in [0.15, 0.2) is 30.3 Å². The zero-order valence-corrected chi connectivity index (χ0v) is 17.4. The highest BCUT2D eigenvalue weighted by molar-refractivity contribution is 5.81. The number of hydrogen-bond acceptors (Lipinski definition) is 5. The number of carbonyl (C=O) groups excluding carboxylic acids is 1. The first-order chi connectivity index (χ1) is 13.4. The van der Waals surface area contributed by atoms with E-state index in [4.69, 9.17) is 18.9 Å². The minimum Gasteiger partial charge on any atom is -0.493 e. The molecule has 6 nitrogen and oxygen atoms in total. The van der Waals surface area contributed by atoms with Gasteiger partial charge in [0.15, 0.2) is 17.6 Å². The number of methoxy groups -OCH3 is 3. The summed E-state index contributed by atoms with van der Waals surface area (Å²) in [5.41, 5.74) is 2.95. The fourth-order valence-electron chi connectivity index (χ4n) is 3.01. The summed E-state index contributed by atoms with van der Waals surface area (Å²) in [6.45, 7) is 6.21. The van der Waals surface area contributed by atoms with Gasteiger partial charge in [-0.1, -0.05) is 24.6 Å². The van der Waals surface area contributed by atoms with E-state index in [9.17, 15) is 4.79 Å². The summed E-state index contributed by atoms with van der Waals surface area (Å²) < 4.78 is 22.1. The Morgan fingerprint density at radius 1 is 0.964 bits per heavy atom. The van der Waals surface area contributed by atoms with Gasteiger partial charge in [-0.2, -0.15) is 0 Å². The molecule has 6 heteroatoms. The molecule has 0 bridgehead atoms. The first-order valence-electron chi connectivity index (χ1n) is 9.24. The van der Waals surface area contributed by atoms with Crippen molar-refractivity contribution in [2.24, 2.45) is 0 Å². The van der Waals surface area contributed by atoms with E-state index in [0.717, 1.165) is 22.4 Å². The van der Waals surface area contributed by atoms with Crippen molar-refractivity contribution in [1.82, 2.24) is 5.32 Å². The molecule has 0 saturated heterocycles. The highest BCUT2D eigenvalue weighted by Crippen LogP contribution is 2.39. The van der Waals surface area contributed by atoms with Crippen LogP contribution in [0.25, 0.3) is 0 Å². The first-order valence-corrected chi connectivity index (χ1v) is 9.24. The Labute approximate surface area is 166 Å². The van der Waals surface area contributed by atoms with E-state index < -0.39 is 6.10 Å². The van der Waals surface area contributed by atoms with Gasteiger partial charge in [0.1, 0.15) is 5.75 Å². The lowest BCUT2D eigenvalue weighted by Gasteiger charge is -2.20. The van der Waals surface area contributed by atoms with Crippen LogP contribution in [0.2, 0.25) is 0 Å². The third kappa shape index (κ3) is 4.88. The fourth-order valence-corrected chi connectivity index (χ4v) is 3.01. The first kappa shape index (κ1) is 21.4. The van der Waals surface area contributed by atoms with Gasteiger partial charge in [-0.3, -0.25) is 4.79 Å². The zero-order valence-electron chi connectivity index (χ0n) is 17.4. The lowest BCUT2D eigenvalue weighted by atomic mass is 10.1. The van der Waals surface area contributed by atoms with Crippen molar-refractivity contribution >= 4 is 5.91 Å². The Morgan fingerprint density at radius 3 is 2.21 bits per heavy atom. The van der Waals surface area contributed by atoms with E-state index in [1.54, 1.807) is 27.4 Å². The van der Waals surface area contributed by atoms with Crippen LogP contribution in [0, 0.1) is 13.8 Å². The fraction of sp³-hybridized carbons (Fsp3) is 0.409. The Kier molecular flexibility index (Phi) is 7.55. The molecule has 152 valence electrons. The summed E-state index contributed by atoms with van der Waals surface area (Å²) in [6.07, 6.45) is -0.0186. The molecule has 28 heavy (non-hydrogen) atoms. The zero-order chi connectivity index (χ0) is 20.7. The topological polar surface area (TPSA) is 66.0 Å². The van der Waals surface area contributed by atoms with Gasteiger partial charge in [-0.05, 0) is 44.0 Å². The number of rotatable bonds is 9. The van der Waals surface area contributed by atoms with Crippen LogP contribution in [0.4, 0.5) is 0 Å². The largest absolute Gasteiger partial charge is 0.493 e. The van der Waals surface area contributed by atoms with Gasteiger partial charge in [0.25, 0.3) is 5.91 Å². The SMILES string of the molecule is CC[C@H](Oc1ccc(C)cc1C)C(=O)NCc1ccc(OC)c(OC)c1OC. The number of ether oxygens (including phenoxy) is 4. The molecule has 0 unspecified atom stereocenters. The van der Waals surface area contributed by atoms with Crippen molar-refractivity contribution in [2.75, 3.05) is 21.3 Å². The second kappa shape index (κ2) is 9.88. The van der Waals surface area contributed by atoms with Gasteiger partial charge in [0.2, 0.25) is 5.75 Å². The number of carbonyl (C=O) groups is 1. The maximum Gasteiger partial charge on any atom is 0.261 e. The molecular weight excluding hydrogens is 358 g/mol. The molecule has 1 atom stereocenters. The van der Waals surface area contributed by atoms with Gasteiger partial charge in [-0.15, -0.1) is 0 Å². The molecule has 1 N–H and O–H groups in total. The van der Waals surface area contributed by atoms with Gasteiger partial charge in [-0.25, -0.2) is 0 Å². The standard InChI is InChI=1S/C22H29NO5/c1-7-17(28-18-10-8-14(2)12-15(18)3)22(24)23-13-16-9-11-19(25-4)21(27-6)20(16)26-5/h8-12,17H,7,13H2,1-6H3,(H,23,24)/t17-/m0/s1. The van der Waals surface area contributed by atoms with E-state index in [1.807, 2.05) is 45.0 Å². The van der Waals surface area contributed by atoms with Gasteiger partial charge >= 0.3 is 0 Å². The molecule has 0 fully saturated rings. The van der Waals surface area contributed by atoms with Crippen LogP contribution in [0.1, 0.15) is 30.0 Å². The second-order valence-corrected chi connectivity index (χ2v) is 6.49. The average Bonchev–Trinajstić information content (AvgIpc) is 2.70. The monoisotopic (exact) mass is 387 g/mol. The number of hydrogen-bond donors (Lipinski definition) is 1. The third-order valence-electron chi connectivity index (χ3n) is 4.50. The lowest BCUT2D eigenvalue weighted by molar-refractivity contribution is -0.128. The van der Waals surface area contributed by atoms with E-state index >= 15 is 0 Å². The van der Waals surface area contributed by atoms with Crippen molar-refractivity contribution in [3.05, 3.63) is 47.0 Å². The van der Waals surface area contributed by atoms with Gasteiger partial charge in [0, 0.05) is 12.1 Å². The molecule has 1 amide bonds. The molecule has 2 aromatic carbocycles. The molecule has 0 aromatic heterocycles. The van der Waals surface area contributed by atoms with Crippen molar-refractivity contribution in [2.45, 2.75) is 39.8 Å². The molecular formula is C22H29NO5. The van der Waals surface area contributed by atoms with E-state index in [-0.39, 0.29) is 12.5 Å². The maximum atomic E-state index is 12.7. The number of nitrogens with one attached hydrogen (secondary N) is 1. The molecule has 2 rings (SSSR count). The molecule has 0 aliphatic carbocycles. The maximum absolute atomic E-state index is 12.7. The molecule has 0 aliphatic heterocycles. The highest BCUT2D eigenvalue weighted by atomic mass is 16.5. The van der Waals surface area contributed by atoms with Crippen molar-refractivity contribution < 1.29 is 23.7 Å². The van der Waals surface area contributed by atoms with E-state index in [2.05, 4.69) is 5.32 Å². The number of amides is 1. The summed E-state index contributed by atoms with van der Waals surface area (Å²) in [4.78, 5) is 12.7. The Bertz CT molecular complexity index is 819. The molecule has 0 saturated carbocycles. The summed E-state index contributed by atoms with van der Waals surface area (Å²) in [6, 6.07) is 9.53. The molecule has 0 spiro atoms. The minimum absolute atomic E-state index is 0.181. The summed E-state index contributed by atoms with van der Waals surface area (Å²) in [5.74, 6) is 2.13. The lowest BCUT2D eigenvalue weighted by Crippen LogP contribution is -2.37. The van der Waals surface area contributed by atoms with Crippen molar-refractivity contribution in [3.63, 3.8) is 0 Å². The van der Waals surface area contributed by atoms with Crippen LogP contribution in [0.3, 0.4) is 0 Å². The Balaban J connectivity index is 2.11. The van der Waals surface area contributed by atoms with Crippen molar-refractivity contribution in [3.8, 4) is 23.0 Å². The summed E-state index contributed by atoms with van der Waals surface area (Å²) >= 11 is 0. The van der Waals surface area contributed by atoms with Crippen molar-refractivity contribution in [1.29, 1.82) is 0 Å². The Hall–Kier alpha value is -2.89. The van der Waals surface area contributed by atoms with Crippen LogP contribution in [-0.4, -0.2) is 33.3 Å². The summed E-state index contributed by atoms with van der Waals surface area (Å²) in [5, 5.41) is 2.92. The van der Waals surface area contributed by atoms with Gasteiger partial charge in [0.05, 0.1) is 21.3 Å². The minimum atomic E-state index is -0.576. The predicted octanol–water partition coefficient (Wildman–Crippen LogP) is 3.80. The second-order valence-electron chi connectivity index (χ2n) is 6.49. The van der Waals surface area contributed by atoms with Crippen LogP contribution in [-0.2, 0) is 11.3 Å². The van der Waals surface area contributed by atoms with Crippen LogP contribution >= 0.6 is 0 Å². The molecule has 0 heterocycles. The molecule has 2 aromatic rings. The number of aryl methyl sites for hydroxylation is 2. The van der Waals surface area contributed by atoms with E-state index in [0.29, 0.717) is 23.7 Å². The highest BCUT2D eigenvalue weighted by Gasteiger charge is 2.21. The molecule has 0 radical (unpaired) electrons. The average molecular weight is 387 g/mol. The summed E-state index contributed by atoms with van der Waals surface area (Å²) in [7, 11) is 4.67. The predicted molar refractivity (Wildman–Crippen MR) is 109 cm³/mol. The normalized spacial score (nSPS) is 11.5. The van der Waals surface area contributed by atoms with E-state index in [1.165, 1.54) is 0 Å². The molecule has 0 aliphatic rings. The van der Waals surface area contributed by atoms with Crippen LogP contribution < -0.4 is 24.3 Å². The quantitative estimate of drug-likeness (QED) is 0.709. The smallest absolute Gasteiger partial charge is 0.261 e.